The van der Waals surface area contributed by atoms with E-state index in [1.165, 1.54) is 18.5 Å². The summed E-state index contributed by atoms with van der Waals surface area (Å²) in [7, 11) is 0. The van der Waals surface area contributed by atoms with Crippen molar-refractivity contribution in [3.63, 3.8) is 0 Å². The predicted molar refractivity (Wildman–Crippen MR) is 107 cm³/mol. The van der Waals surface area contributed by atoms with Crippen LogP contribution in [0.5, 0.6) is 0 Å². The Morgan fingerprint density at radius 2 is 2.14 bits per heavy atom. The summed E-state index contributed by atoms with van der Waals surface area (Å²) >= 11 is 1.55. The Morgan fingerprint density at radius 1 is 1.32 bits per heavy atom. The largest absolute Gasteiger partial charge is 0.444 e. The van der Waals surface area contributed by atoms with Crippen LogP contribution in [0.25, 0.3) is 10.2 Å². The molecule has 4 rings (SSSR count). The zero-order valence-electron chi connectivity index (χ0n) is 16.0. The first-order chi connectivity index (χ1) is 13.3. The van der Waals surface area contributed by atoms with Crippen molar-refractivity contribution in [2.45, 2.75) is 39.3 Å². The van der Waals surface area contributed by atoms with Gasteiger partial charge in [-0.15, -0.1) is 11.3 Å². The fraction of sp³-hybridized carbons (Fsp3) is 0.350. The lowest BCUT2D eigenvalue weighted by Gasteiger charge is -2.30. The van der Waals surface area contributed by atoms with Gasteiger partial charge in [-0.25, -0.2) is 19.2 Å². The van der Waals surface area contributed by atoms with Crippen LogP contribution < -0.4 is 5.32 Å². The molecule has 6 nitrogen and oxygen atoms in total. The number of halogens is 1. The Bertz CT molecular complexity index is 1040. The number of nitrogens with one attached hydrogen (secondary N) is 1. The summed E-state index contributed by atoms with van der Waals surface area (Å²) in [6, 6.07) is 6.27. The minimum Gasteiger partial charge on any atom is -0.444 e. The molecule has 28 heavy (non-hydrogen) atoms. The van der Waals surface area contributed by atoms with Crippen molar-refractivity contribution in [1.82, 2.24) is 14.9 Å². The Labute approximate surface area is 166 Å². The number of carbonyl (C=O) groups is 1. The molecule has 0 saturated heterocycles. The smallest absolute Gasteiger partial charge is 0.410 e. The van der Waals surface area contributed by atoms with Crippen molar-refractivity contribution in [3.05, 3.63) is 46.9 Å². The highest BCUT2D eigenvalue weighted by atomic mass is 32.1. The quantitative estimate of drug-likeness (QED) is 0.665. The highest BCUT2D eigenvalue weighted by Gasteiger charge is 2.29. The zero-order valence-corrected chi connectivity index (χ0v) is 16.8. The highest BCUT2D eigenvalue weighted by Crippen LogP contribution is 2.38. The van der Waals surface area contributed by atoms with E-state index < -0.39 is 5.60 Å². The molecule has 1 amide bonds. The lowest BCUT2D eigenvalue weighted by molar-refractivity contribution is 0.0227. The van der Waals surface area contributed by atoms with Gasteiger partial charge in [-0.05, 0) is 51.0 Å². The van der Waals surface area contributed by atoms with Gasteiger partial charge in [0.15, 0.2) is 0 Å². The molecule has 0 bridgehead atoms. The third kappa shape index (κ3) is 3.77. The molecule has 3 aromatic rings. The molecule has 0 aliphatic carbocycles. The molecule has 1 aromatic carbocycles. The summed E-state index contributed by atoms with van der Waals surface area (Å²) in [5, 5.41) is 4.14. The summed E-state index contributed by atoms with van der Waals surface area (Å²) < 4.78 is 19.0. The third-order valence-corrected chi connectivity index (χ3v) is 5.50. The molecule has 1 aliphatic heterocycles. The van der Waals surface area contributed by atoms with Crippen molar-refractivity contribution in [2.24, 2.45) is 0 Å². The van der Waals surface area contributed by atoms with Gasteiger partial charge in [0.05, 0.1) is 11.9 Å². The first kappa shape index (κ1) is 18.6. The number of amides is 1. The SMILES string of the molecule is CC(C)(C)OC(=O)N1CCc2c(sc3ncnc(Nc4cccc(F)c4)c23)C1. The zero-order chi connectivity index (χ0) is 19.9. The molecule has 0 fully saturated rings. The molecule has 0 spiro atoms. The van der Waals surface area contributed by atoms with Gasteiger partial charge in [0.25, 0.3) is 0 Å². The number of hydrogen-bond donors (Lipinski definition) is 1. The van der Waals surface area contributed by atoms with Gasteiger partial charge in [0, 0.05) is 17.1 Å². The van der Waals surface area contributed by atoms with Crippen molar-refractivity contribution < 1.29 is 13.9 Å². The number of fused-ring (bicyclic) bond motifs is 3. The second-order valence-corrected chi connectivity index (χ2v) is 8.78. The van der Waals surface area contributed by atoms with Crippen LogP contribution >= 0.6 is 11.3 Å². The van der Waals surface area contributed by atoms with Gasteiger partial charge in [0.2, 0.25) is 0 Å². The molecule has 2 aromatic heterocycles. The number of aromatic nitrogens is 2. The van der Waals surface area contributed by atoms with Crippen LogP contribution in [0.15, 0.2) is 30.6 Å². The summed E-state index contributed by atoms with van der Waals surface area (Å²) in [6.07, 6.45) is 1.89. The first-order valence-electron chi connectivity index (χ1n) is 9.06. The number of rotatable bonds is 2. The summed E-state index contributed by atoms with van der Waals surface area (Å²) in [6.45, 7) is 6.64. The van der Waals surface area contributed by atoms with E-state index in [1.807, 2.05) is 20.8 Å². The van der Waals surface area contributed by atoms with Crippen molar-refractivity contribution in [2.75, 3.05) is 11.9 Å². The van der Waals surface area contributed by atoms with E-state index in [-0.39, 0.29) is 11.9 Å². The average Bonchev–Trinajstić information content (AvgIpc) is 2.99. The minimum atomic E-state index is -0.523. The summed E-state index contributed by atoms with van der Waals surface area (Å²) in [4.78, 5) is 24.8. The van der Waals surface area contributed by atoms with Crippen LogP contribution in [0.4, 0.5) is 20.7 Å². The van der Waals surface area contributed by atoms with Gasteiger partial charge in [-0.3, -0.25) is 0 Å². The van der Waals surface area contributed by atoms with Crippen molar-refractivity contribution in [1.29, 1.82) is 0 Å². The summed E-state index contributed by atoms with van der Waals surface area (Å²) in [5.74, 6) is 0.342. The molecule has 1 aliphatic rings. The number of anilines is 2. The first-order valence-corrected chi connectivity index (χ1v) is 9.87. The molecule has 1 N–H and O–H groups in total. The third-order valence-electron chi connectivity index (χ3n) is 4.38. The van der Waals surface area contributed by atoms with E-state index in [4.69, 9.17) is 4.74 Å². The van der Waals surface area contributed by atoms with Gasteiger partial charge in [0.1, 0.15) is 28.4 Å². The maximum Gasteiger partial charge on any atom is 0.410 e. The number of hydrogen-bond acceptors (Lipinski definition) is 6. The van der Waals surface area contributed by atoms with Crippen LogP contribution in [0.2, 0.25) is 0 Å². The Hall–Kier alpha value is -2.74. The van der Waals surface area contributed by atoms with E-state index >= 15 is 0 Å². The second-order valence-electron chi connectivity index (χ2n) is 7.69. The van der Waals surface area contributed by atoms with E-state index in [1.54, 1.807) is 28.4 Å². The molecule has 0 atom stereocenters. The molecular weight excluding hydrogens is 379 g/mol. The lowest BCUT2D eigenvalue weighted by atomic mass is 10.1. The Balaban J connectivity index is 1.64. The van der Waals surface area contributed by atoms with Crippen LogP contribution in [-0.4, -0.2) is 33.1 Å². The number of ether oxygens (including phenoxy) is 1. The van der Waals surface area contributed by atoms with E-state index in [0.29, 0.717) is 31.0 Å². The predicted octanol–water partition coefficient (Wildman–Crippen LogP) is 4.87. The summed E-state index contributed by atoms with van der Waals surface area (Å²) in [5.41, 5.74) is 1.25. The van der Waals surface area contributed by atoms with Crippen molar-refractivity contribution >= 4 is 39.2 Å². The van der Waals surface area contributed by atoms with Gasteiger partial charge >= 0.3 is 6.09 Å². The molecule has 0 saturated carbocycles. The number of benzene rings is 1. The van der Waals surface area contributed by atoms with E-state index in [2.05, 4.69) is 15.3 Å². The van der Waals surface area contributed by atoms with E-state index in [0.717, 1.165) is 20.7 Å². The van der Waals surface area contributed by atoms with Crippen LogP contribution in [-0.2, 0) is 17.7 Å². The van der Waals surface area contributed by atoms with Gasteiger partial charge < -0.3 is 15.0 Å². The molecule has 3 heterocycles. The van der Waals surface area contributed by atoms with Gasteiger partial charge in [-0.1, -0.05) is 6.07 Å². The molecule has 146 valence electrons. The number of carbonyl (C=O) groups excluding carboxylic acids is 1. The van der Waals surface area contributed by atoms with Crippen LogP contribution in [0.1, 0.15) is 31.2 Å². The van der Waals surface area contributed by atoms with E-state index in [9.17, 15) is 9.18 Å². The maximum absolute atomic E-state index is 13.5. The van der Waals surface area contributed by atoms with Crippen LogP contribution in [0, 0.1) is 5.82 Å². The average molecular weight is 400 g/mol. The standard InChI is InChI=1S/C20H21FN4O2S/c1-20(2,3)27-19(26)25-8-7-14-15(10-25)28-18-16(14)17(22-11-23-18)24-13-6-4-5-12(21)9-13/h4-6,9,11H,7-8,10H2,1-3H3,(H,22,23,24). The monoisotopic (exact) mass is 400 g/mol. The molecular formula is C20H21FN4O2S. The number of thiophene rings is 1. The topological polar surface area (TPSA) is 67.3 Å². The minimum absolute atomic E-state index is 0.306. The second kappa shape index (κ2) is 7.01. The normalized spacial score (nSPS) is 14.1. The van der Waals surface area contributed by atoms with Crippen molar-refractivity contribution in [3.8, 4) is 0 Å². The molecule has 0 radical (unpaired) electrons. The Kier molecular flexibility index (Phi) is 4.66. The Morgan fingerprint density at radius 3 is 2.89 bits per heavy atom. The molecule has 0 unspecified atom stereocenters. The number of nitrogens with zero attached hydrogens (tertiary/aromatic N) is 3. The lowest BCUT2D eigenvalue weighted by Crippen LogP contribution is -2.39. The highest BCUT2D eigenvalue weighted by molar-refractivity contribution is 7.19. The van der Waals surface area contributed by atoms with Gasteiger partial charge in [-0.2, -0.15) is 0 Å². The maximum atomic E-state index is 13.5. The fourth-order valence-corrected chi connectivity index (χ4v) is 4.41. The van der Waals surface area contributed by atoms with Crippen LogP contribution in [0.3, 0.4) is 0 Å². The fourth-order valence-electron chi connectivity index (χ4n) is 3.21. The molecule has 8 heteroatoms.